The molecule has 1 atom stereocenters. The molecule has 166 valence electrons. The SMILES string of the molecule is CC(NC1(CNC(=O)c2ccc(-n3ccnc3)c([N+](=O)[O-])c2)CCCC1)c1ccccc1. The molecule has 1 saturated carbocycles. The summed E-state index contributed by atoms with van der Waals surface area (Å²) in [6.07, 6.45) is 8.84. The van der Waals surface area contributed by atoms with Gasteiger partial charge in [0, 0.05) is 42.1 Å². The maximum Gasteiger partial charge on any atom is 0.294 e. The van der Waals surface area contributed by atoms with E-state index >= 15 is 0 Å². The summed E-state index contributed by atoms with van der Waals surface area (Å²) in [5.41, 5.74) is 1.52. The third kappa shape index (κ3) is 4.70. The smallest absolute Gasteiger partial charge is 0.294 e. The Morgan fingerprint density at radius 3 is 2.62 bits per heavy atom. The highest BCUT2D eigenvalue weighted by Gasteiger charge is 2.35. The molecule has 1 amide bonds. The molecule has 2 aromatic carbocycles. The summed E-state index contributed by atoms with van der Waals surface area (Å²) >= 11 is 0. The van der Waals surface area contributed by atoms with Gasteiger partial charge in [0.25, 0.3) is 11.6 Å². The standard InChI is InChI=1S/C24H27N5O3/c1-18(19-7-3-2-4-8-19)27-24(11-5-6-12-24)16-26-23(30)20-9-10-21(22(15-20)29(31)32)28-14-13-25-17-28/h2-4,7-10,13-15,17-18,27H,5-6,11-12,16H2,1H3,(H,26,30). The maximum atomic E-state index is 12.9. The molecule has 0 radical (unpaired) electrons. The molecule has 4 rings (SSSR count). The molecule has 0 spiro atoms. The number of rotatable bonds is 8. The van der Waals surface area contributed by atoms with Gasteiger partial charge in [-0.25, -0.2) is 4.98 Å². The second kappa shape index (κ2) is 9.32. The van der Waals surface area contributed by atoms with Crippen molar-refractivity contribution in [1.29, 1.82) is 0 Å². The van der Waals surface area contributed by atoms with E-state index in [-0.39, 0.29) is 28.7 Å². The zero-order valence-electron chi connectivity index (χ0n) is 18.0. The van der Waals surface area contributed by atoms with Crippen LogP contribution >= 0.6 is 0 Å². The lowest BCUT2D eigenvalue weighted by Gasteiger charge is -2.34. The van der Waals surface area contributed by atoms with Crippen LogP contribution in [0.25, 0.3) is 5.69 Å². The second-order valence-corrected chi connectivity index (χ2v) is 8.38. The minimum Gasteiger partial charge on any atom is -0.350 e. The van der Waals surface area contributed by atoms with Gasteiger partial charge in [-0.2, -0.15) is 0 Å². The Kier molecular flexibility index (Phi) is 6.32. The van der Waals surface area contributed by atoms with Crippen molar-refractivity contribution in [2.75, 3.05) is 6.54 Å². The average Bonchev–Trinajstić information content (AvgIpc) is 3.50. The van der Waals surface area contributed by atoms with Gasteiger partial charge in [-0.1, -0.05) is 43.2 Å². The topological polar surface area (TPSA) is 102 Å². The number of imidazole rings is 1. The number of carbonyl (C=O) groups is 1. The van der Waals surface area contributed by atoms with Gasteiger partial charge in [0.1, 0.15) is 5.69 Å². The summed E-state index contributed by atoms with van der Waals surface area (Å²) in [4.78, 5) is 27.9. The number of nitrogens with one attached hydrogen (secondary N) is 2. The van der Waals surface area contributed by atoms with Crippen molar-refractivity contribution in [2.24, 2.45) is 0 Å². The average molecular weight is 434 g/mol. The van der Waals surface area contributed by atoms with E-state index in [1.165, 1.54) is 18.0 Å². The first kappa shape index (κ1) is 21.7. The monoisotopic (exact) mass is 433 g/mol. The van der Waals surface area contributed by atoms with Gasteiger partial charge in [-0.15, -0.1) is 0 Å². The van der Waals surface area contributed by atoms with Crippen molar-refractivity contribution in [3.8, 4) is 5.69 Å². The Hall–Kier alpha value is -3.52. The fourth-order valence-corrected chi connectivity index (χ4v) is 4.49. The molecule has 8 heteroatoms. The van der Waals surface area contributed by atoms with Crippen LogP contribution in [0.2, 0.25) is 0 Å². The quantitative estimate of drug-likeness (QED) is 0.410. The van der Waals surface area contributed by atoms with Crippen LogP contribution in [0.1, 0.15) is 54.6 Å². The van der Waals surface area contributed by atoms with E-state index < -0.39 is 4.92 Å². The van der Waals surface area contributed by atoms with E-state index in [2.05, 4.69) is 34.7 Å². The van der Waals surface area contributed by atoms with Gasteiger partial charge < -0.3 is 15.2 Å². The summed E-state index contributed by atoms with van der Waals surface area (Å²) in [5, 5.41) is 18.4. The number of nitro benzene ring substituents is 1. The number of aromatic nitrogens is 2. The molecule has 0 aliphatic heterocycles. The van der Waals surface area contributed by atoms with Crippen molar-refractivity contribution in [3.05, 3.63) is 88.5 Å². The van der Waals surface area contributed by atoms with E-state index in [9.17, 15) is 14.9 Å². The number of hydrogen-bond acceptors (Lipinski definition) is 5. The number of nitro groups is 1. The van der Waals surface area contributed by atoms with E-state index in [1.54, 1.807) is 29.1 Å². The Bertz CT molecular complexity index is 1080. The van der Waals surface area contributed by atoms with Gasteiger partial charge in [0.2, 0.25) is 0 Å². The van der Waals surface area contributed by atoms with E-state index in [0.29, 0.717) is 12.2 Å². The zero-order valence-corrected chi connectivity index (χ0v) is 18.0. The van der Waals surface area contributed by atoms with Crippen LogP contribution in [0.5, 0.6) is 0 Å². The lowest BCUT2D eigenvalue weighted by Crippen LogP contribution is -2.52. The summed E-state index contributed by atoms with van der Waals surface area (Å²) in [7, 11) is 0. The van der Waals surface area contributed by atoms with E-state index in [4.69, 9.17) is 0 Å². The van der Waals surface area contributed by atoms with Crippen LogP contribution in [0.4, 0.5) is 5.69 Å². The Labute approximate surface area is 186 Å². The summed E-state index contributed by atoms with van der Waals surface area (Å²) in [6.45, 7) is 2.61. The van der Waals surface area contributed by atoms with Gasteiger partial charge in [0.05, 0.1) is 11.3 Å². The van der Waals surface area contributed by atoms with Crippen LogP contribution in [0, 0.1) is 10.1 Å². The maximum absolute atomic E-state index is 12.9. The van der Waals surface area contributed by atoms with Crippen molar-refractivity contribution >= 4 is 11.6 Å². The Morgan fingerprint density at radius 1 is 1.22 bits per heavy atom. The highest BCUT2D eigenvalue weighted by atomic mass is 16.6. The molecular formula is C24H27N5O3. The first-order valence-electron chi connectivity index (χ1n) is 10.9. The largest absolute Gasteiger partial charge is 0.350 e. The minimum absolute atomic E-state index is 0.137. The van der Waals surface area contributed by atoms with Crippen molar-refractivity contribution < 1.29 is 9.72 Å². The summed E-state index contributed by atoms with van der Waals surface area (Å²) < 4.78 is 1.56. The number of amides is 1. The van der Waals surface area contributed by atoms with Gasteiger partial charge in [-0.05, 0) is 37.5 Å². The molecule has 3 aromatic rings. The summed E-state index contributed by atoms with van der Waals surface area (Å²) in [6, 6.07) is 14.9. The number of benzene rings is 2. The predicted octanol–water partition coefficient (Wildman–Crippen LogP) is 4.17. The fourth-order valence-electron chi connectivity index (χ4n) is 4.49. The Balaban J connectivity index is 1.48. The summed E-state index contributed by atoms with van der Waals surface area (Å²) in [5.74, 6) is -0.314. The third-order valence-electron chi connectivity index (χ3n) is 6.19. The normalized spacial score (nSPS) is 15.9. The van der Waals surface area contributed by atoms with Gasteiger partial charge in [-0.3, -0.25) is 14.9 Å². The molecule has 1 heterocycles. The van der Waals surface area contributed by atoms with Gasteiger partial charge >= 0.3 is 0 Å². The molecular weight excluding hydrogens is 406 g/mol. The van der Waals surface area contributed by atoms with Gasteiger partial charge in [0.15, 0.2) is 0 Å². The first-order valence-corrected chi connectivity index (χ1v) is 10.9. The third-order valence-corrected chi connectivity index (χ3v) is 6.19. The zero-order chi connectivity index (χ0) is 22.6. The van der Waals surface area contributed by atoms with Crippen LogP contribution in [-0.2, 0) is 0 Å². The molecule has 1 aliphatic carbocycles. The number of nitrogens with zero attached hydrogens (tertiary/aromatic N) is 3. The molecule has 2 N–H and O–H groups in total. The fraction of sp³-hybridized carbons (Fsp3) is 0.333. The molecule has 1 fully saturated rings. The van der Waals surface area contributed by atoms with Crippen LogP contribution in [0.3, 0.4) is 0 Å². The molecule has 1 aromatic heterocycles. The van der Waals surface area contributed by atoms with Crippen LogP contribution in [-0.4, -0.2) is 32.5 Å². The molecule has 0 saturated heterocycles. The lowest BCUT2D eigenvalue weighted by atomic mass is 9.94. The molecule has 32 heavy (non-hydrogen) atoms. The van der Waals surface area contributed by atoms with Crippen LogP contribution < -0.4 is 10.6 Å². The van der Waals surface area contributed by atoms with E-state index in [1.807, 2.05) is 18.2 Å². The number of carbonyl (C=O) groups excluding carboxylic acids is 1. The van der Waals surface area contributed by atoms with E-state index in [0.717, 1.165) is 25.7 Å². The predicted molar refractivity (Wildman–Crippen MR) is 122 cm³/mol. The van der Waals surface area contributed by atoms with Crippen molar-refractivity contribution in [2.45, 2.75) is 44.2 Å². The van der Waals surface area contributed by atoms with Crippen molar-refractivity contribution in [3.63, 3.8) is 0 Å². The molecule has 1 unspecified atom stereocenters. The van der Waals surface area contributed by atoms with Crippen LogP contribution in [0.15, 0.2) is 67.3 Å². The highest BCUT2D eigenvalue weighted by molar-refractivity contribution is 5.95. The lowest BCUT2D eigenvalue weighted by molar-refractivity contribution is -0.384. The highest BCUT2D eigenvalue weighted by Crippen LogP contribution is 2.32. The Morgan fingerprint density at radius 2 is 1.97 bits per heavy atom. The number of hydrogen-bond donors (Lipinski definition) is 2. The van der Waals surface area contributed by atoms with Crippen molar-refractivity contribution in [1.82, 2.24) is 20.2 Å². The first-order chi connectivity index (χ1) is 15.5. The minimum atomic E-state index is -0.479. The second-order valence-electron chi connectivity index (χ2n) is 8.38. The molecule has 8 nitrogen and oxygen atoms in total. The molecule has 0 bridgehead atoms. The molecule has 1 aliphatic rings.